The first-order valence-corrected chi connectivity index (χ1v) is 8.99. The van der Waals surface area contributed by atoms with E-state index < -0.39 is 0 Å². The Morgan fingerprint density at radius 2 is 1.64 bits per heavy atom. The van der Waals surface area contributed by atoms with Crippen LogP contribution in [0.2, 0.25) is 0 Å². The highest BCUT2D eigenvalue weighted by molar-refractivity contribution is 5.27. The molecule has 1 aromatic carbocycles. The molecule has 1 aliphatic carbocycles. The van der Waals surface area contributed by atoms with Gasteiger partial charge in [-0.15, -0.1) is 0 Å². The largest absolute Gasteiger partial charge is 0.328 e. The Balaban J connectivity index is 0.000000287. The smallest absolute Gasteiger partial charge is 0.0205 e. The Morgan fingerprint density at radius 1 is 1.05 bits per heavy atom. The van der Waals surface area contributed by atoms with Crippen LogP contribution in [0.5, 0.6) is 0 Å². The lowest BCUT2D eigenvalue weighted by Gasteiger charge is -2.19. The summed E-state index contributed by atoms with van der Waals surface area (Å²) in [5.74, 6) is 0. The van der Waals surface area contributed by atoms with Crippen molar-refractivity contribution in [3.63, 3.8) is 0 Å². The van der Waals surface area contributed by atoms with Crippen molar-refractivity contribution < 1.29 is 0 Å². The van der Waals surface area contributed by atoms with Gasteiger partial charge in [-0.2, -0.15) is 0 Å². The summed E-state index contributed by atoms with van der Waals surface area (Å²) in [4.78, 5) is 0. The second-order valence-electron chi connectivity index (χ2n) is 7.52. The molecule has 0 unspecified atom stereocenters. The Labute approximate surface area is 137 Å². The van der Waals surface area contributed by atoms with Crippen LogP contribution in [-0.2, 0) is 12.0 Å². The van der Waals surface area contributed by atoms with Gasteiger partial charge in [-0.25, -0.2) is 0 Å². The van der Waals surface area contributed by atoms with Crippen LogP contribution in [0.25, 0.3) is 0 Å². The van der Waals surface area contributed by atoms with Gasteiger partial charge in [0, 0.05) is 12.6 Å². The first kappa shape index (κ1) is 19.2. The number of benzene rings is 1. The highest BCUT2D eigenvalue weighted by atomic mass is 14.8. The Kier molecular flexibility index (Phi) is 8.74. The fourth-order valence-corrected chi connectivity index (χ4v) is 2.67. The lowest BCUT2D eigenvalue weighted by Crippen LogP contribution is -2.22. The quantitative estimate of drug-likeness (QED) is 0.787. The number of nitrogens with one attached hydrogen (secondary N) is 1. The van der Waals surface area contributed by atoms with Crippen molar-refractivity contribution in [2.24, 2.45) is 5.73 Å². The minimum atomic E-state index is 0.259. The molecule has 22 heavy (non-hydrogen) atoms. The minimum Gasteiger partial charge on any atom is -0.328 e. The van der Waals surface area contributed by atoms with Crippen molar-refractivity contribution in [2.45, 2.75) is 84.2 Å². The van der Waals surface area contributed by atoms with Gasteiger partial charge in [0.1, 0.15) is 0 Å². The van der Waals surface area contributed by atoms with E-state index in [2.05, 4.69) is 57.3 Å². The van der Waals surface area contributed by atoms with E-state index >= 15 is 0 Å². The van der Waals surface area contributed by atoms with Crippen molar-refractivity contribution in [3.8, 4) is 0 Å². The van der Waals surface area contributed by atoms with Gasteiger partial charge in [-0.3, -0.25) is 0 Å². The van der Waals surface area contributed by atoms with Crippen LogP contribution >= 0.6 is 0 Å². The standard InChI is InChI=1S/C14H23N.C6H13N/c1-5-10-15-11-12-6-8-13(9-7-12)14(2,3)4;7-6-4-2-1-3-5-6/h6-9,15H,5,10-11H2,1-4H3;6H,1-5,7H2. The second kappa shape index (κ2) is 10.0. The molecule has 2 nitrogen and oxygen atoms in total. The summed E-state index contributed by atoms with van der Waals surface area (Å²) in [6.45, 7) is 11.0. The van der Waals surface area contributed by atoms with Crippen molar-refractivity contribution in [1.29, 1.82) is 0 Å². The van der Waals surface area contributed by atoms with E-state index in [0.717, 1.165) is 13.1 Å². The summed E-state index contributed by atoms with van der Waals surface area (Å²) < 4.78 is 0. The molecule has 1 aliphatic rings. The lowest BCUT2D eigenvalue weighted by molar-refractivity contribution is 0.441. The molecule has 1 fully saturated rings. The Bertz CT molecular complexity index is 383. The zero-order valence-corrected chi connectivity index (χ0v) is 15.1. The molecule has 0 heterocycles. The Morgan fingerprint density at radius 3 is 2.05 bits per heavy atom. The van der Waals surface area contributed by atoms with Crippen molar-refractivity contribution in [2.75, 3.05) is 6.54 Å². The third-order valence-electron chi connectivity index (χ3n) is 4.23. The van der Waals surface area contributed by atoms with Crippen LogP contribution in [0.3, 0.4) is 0 Å². The monoisotopic (exact) mass is 304 g/mol. The third kappa shape index (κ3) is 7.95. The van der Waals surface area contributed by atoms with Gasteiger partial charge in [0.2, 0.25) is 0 Å². The molecule has 0 aliphatic heterocycles. The van der Waals surface area contributed by atoms with Gasteiger partial charge < -0.3 is 11.1 Å². The van der Waals surface area contributed by atoms with E-state index in [4.69, 9.17) is 5.73 Å². The highest BCUT2D eigenvalue weighted by Gasteiger charge is 2.12. The number of rotatable bonds is 4. The van der Waals surface area contributed by atoms with Crippen molar-refractivity contribution in [3.05, 3.63) is 35.4 Å². The summed E-state index contributed by atoms with van der Waals surface area (Å²) in [5, 5.41) is 3.41. The SMILES string of the molecule is CCCNCc1ccc(C(C)(C)C)cc1.NC1CCCCC1. The predicted molar refractivity (Wildman–Crippen MR) is 98.2 cm³/mol. The number of hydrogen-bond donors (Lipinski definition) is 2. The van der Waals surface area contributed by atoms with E-state index in [1.165, 1.54) is 49.7 Å². The minimum absolute atomic E-state index is 0.259. The van der Waals surface area contributed by atoms with E-state index in [0.29, 0.717) is 6.04 Å². The summed E-state index contributed by atoms with van der Waals surface area (Å²) in [6.07, 6.45) is 7.86. The topological polar surface area (TPSA) is 38.0 Å². The maximum atomic E-state index is 5.63. The molecule has 1 aromatic rings. The molecular formula is C20H36N2. The molecule has 1 saturated carbocycles. The zero-order chi connectivity index (χ0) is 16.4. The molecule has 0 atom stereocenters. The van der Waals surface area contributed by atoms with Gasteiger partial charge >= 0.3 is 0 Å². The molecule has 126 valence electrons. The zero-order valence-electron chi connectivity index (χ0n) is 15.1. The molecular weight excluding hydrogens is 268 g/mol. The van der Waals surface area contributed by atoms with Crippen LogP contribution in [-0.4, -0.2) is 12.6 Å². The van der Waals surface area contributed by atoms with Gasteiger partial charge in [0.05, 0.1) is 0 Å². The second-order valence-corrected chi connectivity index (χ2v) is 7.52. The summed E-state index contributed by atoms with van der Waals surface area (Å²) in [6, 6.07) is 9.46. The average molecular weight is 305 g/mol. The van der Waals surface area contributed by atoms with Crippen LogP contribution in [0.4, 0.5) is 0 Å². The molecule has 0 saturated heterocycles. The van der Waals surface area contributed by atoms with Gasteiger partial charge in [-0.1, -0.05) is 71.2 Å². The molecule has 2 rings (SSSR count). The predicted octanol–water partition coefficient (Wildman–Crippen LogP) is 4.76. The first-order valence-electron chi connectivity index (χ1n) is 8.99. The molecule has 0 bridgehead atoms. The van der Waals surface area contributed by atoms with Crippen LogP contribution < -0.4 is 11.1 Å². The van der Waals surface area contributed by atoms with Gasteiger partial charge in [0.15, 0.2) is 0 Å². The van der Waals surface area contributed by atoms with Crippen LogP contribution in [0, 0.1) is 0 Å². The maximum Gasteiger partial charge on any atom is 0.0205 e. The van der Waals surface area contributed by atoms with E-state index in [9.17, 15) is 0 Å². The molecule has 3 N–H and O–H groups in total. The van der Waals surface area contributed by atoms with Crippen molar-refractivity contribution >= 4 is 0 Å². The number of nitrogens with two attached hydrogens (primary N) is 1. The maximum absolute atomic E-state index is 5.63. The van der Waals surface area contributed by atoms with Gasteiger partial charge in [-0.05, 0) is 42.3 Å². The fourth-order valence-electron chi connectivity index (χ4n) is 2.67. The Hall–Kier alpha value is -0.860. The molecule has 0 radical (unpaired) electrons. The number of hydrogen-bond acceptors (Lipinski definition) is 2. The average Bonchev–Trinajstić information content (AvgIpc) is 2.49. The van der Waals surface area contributed by atoms with E-state index in [1.54, 1.807) is 0 Å². The summed E-state index contributed by atoms with van der Waals surface area (Å²) in [7, 11) is 0. The highest BCUT2D eigenvalue weighted by Crippen LogP contribution is 2.22. The fraction of sp³-hybridized carbons (Fsp3) is 0.700. The van der Waals surface area contributed by atoms with Gasteiger partial charge in [0.25, 0.3) is 0 Å². The first-order chi connectivity index (χ1) is 10.4. The summed E-state index contributed by atoms with van der Waals surface area (Å²) in [5.41, 5.74) is 8.67. The molecule has 0 amide bonds. The van der Waals surface area contributed by atoms with Crippen molar-refractivity contribution in [1.82, 2.24) is 5.32 Å². The molecule has 0 aromatic heterocycles. The molecule has 2 heteroatoms. The molecule has 0 spiro atoms. The van der Waals surface area contributed by atoms with E-state index in [-0.39, 0.29) is 5.41 Å². The normalized spacial score (nSPS) is 16.0. The lowest BCUT2D eigenvalue weighted by atomic mass is 9.87. The van der Waals surface area contributed by atoms with E-state index in [1.807, 2.05) is 0 Å². The van der Waals surface area contributed by atoms with Crippen LogP contribution in [0.15, 0.2) is 24.3 Å². The van der Waals surface area contributed by atoms with Crippen LogP contribution in [0.1, 0.15) is 77.3 Å². The third-order valence-corrected chi connectivity index (χ3v) is 4.23. The summed E-state index contributed by atoms with van der Waals surface area (Å²) >= 11 is 0.